The molecule has 2 rings (SSSR count). The highest BCUT2D eigenvalue weighted by Crippen LogP contribution is 2.24. The van der Waals surface area contributed by atoms with Crippen LogP contribution >= 0.6 is 11.3 Å². The van der Waals surface area contributed by atoms with Crippen LogP contribution < -0.4 is 10.6 Å². The van der Waals surface area contributed by atoms with E-state index in [1.807, 2.05) is 20.8 Å². The summed E-state index contributed by atoms with van der Waals surface area (Å²) in [6, 6.07) is 0.0710. The smallest absolute Gasteiger partial charge is 0.220 e. The van der Waals surface area contributed by atoms with E-state index in [0.29, 0.717) is 12.3 Å². The molecule has 1 saturated heterocycles. The molecule has 1 atom stereocenters. The topological polar surface area (TPSA) is 54.0 Å². The molecule has 0 radical (unpaired) electrons. The maximum atomic E-state index is 12.0. The number of carbonyl (C=O) groups is 1. The number of nitrogens with zero attached hydrogens (tertiary/aromatic N) is 1. The van der Waals surface area contributed by atoms with E-state index in [2.05, 4.69) is 15.6 Å². The van der Waals surface area contributed by atoms with Crippen LogP contribution in [-0.2, 0) is 4.79 Å². The average molecular weight is 295 g/mol. The molecule has 1 amide bonds. The Balaban J connectivity index is 1.77. The lowest BCUT2D eigenvalue weighted by atomic mass is 9.93. The molecule has 20 heavy (non-hydrogen) atoms. The van der Waals surface area contributed by atoms with Crippen molar-refractivity contribution in [3.8, 4) is 0 Å². The first kappa shape index (κ1) is 15.4. The summed E-state index contributed by atoms with van der Waals surface area (Å²) >= 11 is 1.68. The molecule has 0 aromatic carbocycles. The molecule has 2 heterocycles. The van der Waals surface area contributed by atoms with E-state index in [1.54, 1.807) is 11.3 Å². The highest BCUT2D eigenvalue weighted by Gasteiger charge is 2.17. The van der Waals surface area contributed by atoms with Gasteiger partial charge in [-0.15, -0.1) is 11.3 Å². The number of aryl methyl sites for hydroxylation is 2. The summed E-state index contributed by atoms with van der Waals surface area (Å²) in [5, 5.41) is 7.53. The van der Waals surface area contributed by atoms with Crippen LogP contribution in [0, 0.1) is 19.8 Å². The molecular weight excluding hydrogens is 270 g/mol. The van der Waals surface area contributed by atoms with Gasteiger partial charge in [-0.05, 0) is 59.0 Å². The summed E-state index contributed by atoms with van der Waals surface area (Å²) in [6.45, 7) is 8.26. The molecule has 2 N–H and O–H groups in total. The minimum atomic E-state index is 0.0710. The number of thiazole rings is 1. The van der Waals surface area contributed by atoms with E-state index >= 15 is 0 Å². The molecule has 1 fully saturated rings. The Hall–Kier alpha value is -0.940. The Morgan fingerprint density at radius 2 is 2.15 bits per heavy atom. The normalized spacial score (nSPS) is 17.9. The van der Waals surface area contributed by atoms with Gasteiger partial charge in [0.2, 0.25) is 5.91 Å². The summed E-state index contributed by atoms with van der Waals surface area (Å²) in [7, 11) is 0. The first-order valence-electron chi connectivity index (χ1n) is 7.50. The Morgan fingerprint density at radius 1 is 1.45 bits per heavy atom. The predicted molar refractivity (Wildman–Crippen MR) is 83.0 cm³/mol. The fourth-order valence-electron chi connectivity index (χ4n) is 2.83. The number of carbonyl (C=O) groups excluding carboxylic acids is 1. The van der Waals surface area contributed by atoms with Gasteiger partial charge in [-0.1, -0.05) is 0 Å². The molecule has 1 aromatic heterocycles. The number of nitrogens with one attached hydrogen (secondary N) is 2. The second-order valence-electron chi connectivity index (χ2n) is 5.70. The van der Waals surface area contributed by atoms with Crippen LogP contribution in [-0.4, -0.2) is 24.0 Å². The maximum Gasteiger partial charge on any atom is 0.220 e. The van der Waals surface area contributed by atoms with Gasteiger partial charge in [0.25, 0.3) is 0 Å². The van der Waals surface area contributed by atoms with Crippen molar-refractivity contribution in [3.63, 3.8) is 0 Å². The van der Waals surface area contributed by atoms with Gasteiger partial charge in [0.1, 0.15) is 0 Å². The molecule has 0 saturated carbocycles. The zero-order valence-corrected chi connectivity index (χ0v) is 13.5. The summed E-state index contributed by atoms with van der Waals surface area (Å²) < 4.78 is 0. The average Bonchev–Trinajstić information content (AvgIpc) is 2.77. The predicted octanol–water partition coefficient (Wildman–Crippen LogP) is 2.72. The van der Waals surface area contributed by atoms with Crippen LogP contribution in [0.2, 0.25) is 0 Å². The third kappa shape index (κ3) is 4.28. The molecule has 0 bridgehead atoms. The first-order chi connectivity index (χ1) is 9.56. The third-order valence-electron chi connectivity index (χ3n) is 3.95. The van der Waals surface area contributed by atoms with Crippen LogP contribution in [0.5, 0.6) is 0 Å². The van der Waals surface area contributed by atoms with Crippen molar-refractivity contribution < 1.29 is 4.79 Å². The first-order valence-corrected chi connectivity index (χ1v) is 8.32. The molecule has 4 nitrogen and oxygen atoms in total. The minimum absolute atomic E-state index is 0.0710. The van der Waals surface area contributed by atoms with Crippen molar-refractivity contribution in [1.82, 2.24) is 15.6 Å². The molecule has 5 heteroatoms. The van der Waals surface area contributed by atoms with Crippen molar-refractivity contribution in [2.24, 2.45) is 5.92 Å². The summed E-state index contributed by atoms with van der Waals surface area (Å²) in [6.07, 6.45) is 4.07. The molecule has 1 unspecified atom stereocenters. The van der Waals surface area contributed by atoms with E-state index in [9.17, 15) is 4.79 Å². The Labute approximate surface area is 125 Å². The van der Waals surface area contributed by atoms with Gasteiger partial charge in [0.15, 0.2) is 0 Å². The fraction of sp³-hybridized carbons (Fsp3) is 0.733. The second kappa shape index (κ2) is 7.18. The summed E-state index contributed by atoms with van der Waals surface area (Å²) in [5.41, 5.74) is 1.04. The molecule has 1 aliphatic rings. The Morgan fingerprint density at radius 3 is 2.75 bits per heavy atom. The minimum Gasteiger partial charge on any atom is -0.349 e. The quantitative estimate of drug-likeness (QED) is 0.878. The monoisotopic (exact) mass is 295 g/mol. The lowest BCUT2D eigenvalue weighted by molar-refractivity contribution is -0.122. The Kier molecular flexibility index (Phi) is 5.54. The molecule has 1 aliphatic heterocycles. The van der Waals surface area contributed by atoms with E-state index in [0.717, 1.165) is 30.2 Å². The van der Waals surface area contributed by atoms with Crippen LogP contribution in [0.3, 0.4) is 0 Å². The van der Waals surface area contributed by atoms with E-state index in [-0.39, 0.29) is 11.9 Å². The van der Waals surface area contributed by atoms with Crippen molar-refractivity contribution in [3.05, 3.63) is 15.6 Å². The molecular formula is C15H25N3OS. The largest absolute Gasteiger partial charge is 0.349 e. The van der Waals surface area contributed by atoms with E-state index in [1.165, 1.54) is 17.7 Å². The number of hydrogen-bond donors (Lipinski definition) is 2. The van der Waals surface area contributed by atoms with Gasteiger partial charge in [0, 0.05) is 11.3 Å². The SMILES string of the molecule is Cc1nc(C)c(C(C)NC(=O)CCC2CCNCC2)s1. The van der Waals surface area contributed by atoms with Gasteiger partial charge in [-0.25, -0.2) is 4.98 Å². The number of piperidine rings is 1. The molecule has 112 valence electrons. The van der Waals surface area contributed by atoms with Crippen molar-refractivity contribution >= 4 is 17.2 Å². The fourth-order valence-corrected chi connectivity index (χ4v) is 3.76. The number of aromatic nitrogens is 1. The van der Waals surface area contributed by atoms with Crippen LogP contribution in [0.1, 0.15) is 54.2 Å². The third-order valence-corrected chi connectivity index (χ3v) is 5.20. The van der Waals surface area contributed by atoms with Crippen molar-refractivity contribution in [1.29, 1.82) is 0 Å². The lowest BCUT2D eigenvalue weighted by Gasteiger charge is -2.22. The molecule has 1 aromatic rings. The zero-order valence-electron chi connectivity index (χ0n) is 12.7. The number of amides is 1. The highest BCUT2D eigenvalue weighted by atomic mass is 32.1. The van der Waals surface area contributed by atoms with Crippen LogP contribution in [0.4, 0.5) is 0 Å². The lowest BCUT2D eigenvalue weighted by Crippen LogP contribution is -2.30. The molecule has 0 spiro atoms. The van der Waals surface area contributed by atoms with E-state index < -0.39 is 0 Å². The summed E-state index contributed by atoms with van der Waals surface area (Å²) in [5.74, 6) is 0.881. The van der Waals surface area contributed by atoms with Gasteiger partial charge in [-0.3, -0.25) is 4.79 Å². The standard InChI is InChI=1S/C15H25N3OS/c1-10-15(20-12(3)17-10)11(2)18-14(19)5-4-13-6-8-16-9-7-13/h11,13,16H,4-9H2,1-3H3,(H,18,19). The molecule has 0 aliphatic carbocycles. The zero-order chi connectivity index (χ0) is 14.5. The van der Waals surface area contributed by atoms with Crippen molar-refractivity contribution in [2.45, 2.75) is 52.5 Å². The van der Waals surface area contributed by atoms with Gasteiger partial charge < -0.3 is 10.6 Å². The summed E-state index contributed by atoms with van der Waals surface area (Å²) in [4.78, 5) is 17.6. The van der Waals surface area contributed by atoms with Crippen LogP contribution in [0.15, 0.2) is 0 Å². The number of rotatable bonds is 5. The Bertz CT molecular complexity index is 452. The highest BCUT2D eigenvalue weighted by molar-refractivity contribution is 7.11. The van der Waals surface area contributed by atoms with Gasteiger partial charge >= 0.3 is 0 Å². The maximum absolute atomic E-state index is 12.0. The van der Waals surface area contributed by atoms with E-state index in [4.69, 9.17) is 0 Å². The second-order valence-corrected chi connectivity index (χ2v) is 6.94. The van der Waals surface area contributed by atoms with Crippen LogP contribution in [0.25, 0.3) is 0 Å². The van der Waals surface area contributed by atoms with Gasteiger partial charge in [-0.2, -0.15) is 0 Å². The van der Waals surface area contributed by atoms with Crippen molar-refractivity contribution in [2.75, 3.05) is 13.1 Å². The number of hydrogen-bond acceptors (Lipinski definition) is 4. The van der Waals surface area contributed by atoms with Gasteiger partial charge in [0.05, 0.1) is 16.7 Å².